The van der Waals surface area contributed by atoms with Gasteiger partial charge in [-0.2, -0.15) is 0 Å². The van der Waals surface area contributed by atoms with Crippen LogP contribution in [-0.2, 0) is 6.54 Å². The standard InChI is InChI=1S/C10H16N2O/c1-8-3-4-11-6-10(8)7-12-5-9(2)13/h3-4,6,9,12-13H,5,7H2,1-2H3/t9-/m1/s1. The molecule has 0 spiro atoms. The fourth-order valence-electron chi connectivity index (χ4n) is 1.10. The fraction of sp³-hybridized carbons (Fsp3) is 0.500. The van der Waals surface area contributed by atoms with Crippen molar-refractivity contribution in [3.8, 4) is 0 Å². The molecule has 0 fully saturated rings. The molecule has 0 aliphatic carbocycles. The molecule has 0 aromatic carbocycles. The fourth-order valence-corrected chi connectivity index (χ4v) is 1.10. The summed E-state index contributed by atoms with van der Waals surface area (Å²) in [6, 6.07) is 1.99. The molecule has 0 bridgehead atoms. The molecule has 0 aliphatic heterocycles. The number of pyridine rings is 1. The van der Waals surface area contributed by atoms with E-state index in [4.69, 9.17) is 5.11 Å². The molecule has 2 N–H and O–H groups in total. The van der Waals surface area contributed by atoms with Gasteiger partial charge in [-0.1, -0.05) is 0 Å². The number of aromatic nitrogens is 1. The summed E-state index contributed by atoms with van der Waals surface area (Å²) in [6.45, 7) is 5.21. The lowest BCUT2D eigenvalue weighted by Gasteiger charge is -2.08. The van der Waals surface area contributed by atoms with Gasteiger partial charge in [0.25, 0.3) is 0 Å². The summed E-state index contributed by atoms with van der Waals surface area (Å²) in [4.78, 5) is 4.04. The number of aliphatic hydroxyl groups excluding tert-OH is 1. The minimum Gasteiger partial charge on any atom is -0.392 e. The molecule has 0 aliphatic rings. The van der Waals surface area contributed by atoms with Crippen molar-refractivity contribution in [2.24, 2.45) is 0 Å². The van der Waals surface area contributed by atoms with Crippen LogP contribution in [0.1, 0.15) is 18.1 Å². The van der Waals surface area contributed by atoms with E-state index in [1.165, 1.54) is 11.1 Å². The van der Waals surface area contributed by atoms with Crippen molar-refractivity contribution >= 4 is 0 Å². The van der Waals surface area contributed by atoms with Crippen molar-refractivity contribution in [3.05, 3.63) is 29.6 Å². The second kappa shape index (κ2) is 4.94. The van der Waals surface area contributed by atoms with E-state index in [1.807, 2.05) is 12.3 Å². The summed E-state index contributed by atoms with van der Waals surface area (Å²) in [5.41, 5.74) is 2.41. The first kappa shape index (κ1) is 10.2. The van der Waals surface area contributed by atoms with Gasteiger partial charge in [0.15, 0.2) is 0 Å². The van der Waals surface area contributed by atoms with Gasteiger partial charge >= 0.3 is 0 Å². The van der Waals surface area contributed by atoms with Gasteiger partial charge < -0.3 is 10.4 Å². The maximum absolute atomic E-state index is 9.02. The van der Waals surface area contributed by atoms with Crippen LogP contribution in [-0.4, -0.2) is 22.7 Å². The van der Waals surface area contributed by atoms with E-state index in [-0.39, 0.29) is 6.10 Å². The van der Waals surface area contributed by atoms with Crippen LogP contribution in [0.15, 0.2) is 18.5 Å². The molecular weight excluding hydrogens is 164 g/mol. The van der Waals surface area contributed by atoms with Crippen molar-refractivity contribution in [3.63, 3.8) is 0 Å². The van der Waals surface area contributed by atoms with E-state index in [9.17, 15) is 0 Å². The average Bonchev–Trinajstić information content (AvgIpc) is 2.08. The van der Waals surface area contributed by atoms with Gasteiger partial charge in [0.05, 0.1) is 6.10 Å². The Morgan fingerprint density at radius 2 is 2.38 bits per heavy atom. The third-order valence-corrected chi connectivity index (χ3v) is 1.90. The first-order chi connectivity index (χ1) is 6.20. The lowest BCUT2D eigenvalue weighted by molar-refractivity contribution is 0.191. The lowest BCUT2D eigenvalue weighted by Crippen LogP contribution is -2.24. The Balaban J connectivity index is 2.41. The molecule has 3 nitrogen and oxygen atoms in total. The second-order valence-corrected chi connectivity index (χ2v) is 3.28. The normalized spacial score (nSPS) is 12.8. The zero-order valence-electron chi connectivity index (χ0n) is 8.12. The van der Waals surface area contributed by atoms with E-state index in [1.54, 1.807) is 13.1 Å². The SMILES string of the molecule is Cc1ccncc1CNC[C@@H](C)O. The van der Waals surface area contributed by atoms with Gasteiger partial charge in [0.1, 0.15) is 0 Å². The summed E-state index contributed by atoms with van der Waals surface area (Å²) in [7, 11) is 0. The van der Waals surface area contributed by atoms with Gasteiger partial charge in [-0.25, -0.2) is 0 Å². The Bertz CT molecular complexity index is 261. The molecule has 1 atom stereocenters. The number of aryl methyl sites for hydroxylation is 1. The van der Waals surface area contributed by atoms with Crippen LogP contribution in [0.25, 0.3) is 0 Å². The van der Waals surface area contributed by atoms with Gasteiger partial charge in [-0.15, -0.1) is 0 Å². The Morgan fingerprint density at radius 1 is 1.62 bits per heavy atom. The molecule has 0 radical (unpaired) electrons. The van der Waals surface area contributed by atoms with Gasteiger partial charge in [-0.05, 0) is 31.0 Å². The van der Waals surface area contributed by atoms with Crippen molar-refractivity contribution in [1.82, 2.24) is 10.3 Å². The third kappa shape index (κ3) is 3.53. The Labute approximate surface area is 78.8 Å². The van der Waals surface area contributed by atoms with Crippen molar-refractivity contribution in [1.29, 1.82) is 0 Å². The highest BCUT2D eigenvalue weighted by Gasteiger charge is 1.98. The maximum Gasteiger partial charge on any atom is 0.0636 e. The zero-order chi connectivity index (χ0) is 9.68. The van der Waals surface area contributed by atoms with Gasteiger partial charge in [-0.3, -0.25) is 4.98 Å². The molecule has 13 heavy (non-hydrogen) atoms. The van der Waals surface area contributed by atoms with E-state index < -0.39 is 0 Å². The third-order valence-electron chi connectivity index (χ3n) is 1.90. The van der Waals surface area contributed by atoms with Crippen LogP contribution in [0.4, 0.5) is 0 Å². The van der Waals surface area contributed by atoms with Crippen molar-refractivity contribution in [2.45, 2.75) is 26.5 Å². The quantitative estimate of drug-likeness (QED) is 0.722. The predicted octanol–water partition coefficient (Wildman–Crippen LogP) is 0.860. The highest BCUT2D eigenvalue weighted by atomic mass is 16.3. The number of rotatable bonds is 4. The summed E-state index contributed by atoms with van der Waals surface area (Å²) in [5, 5.41) is 12.2. The van der Waals surface area contributed by atoms with Crippen LogP contribution in [0.2, 0.25) is 0 Å². The van der Waals surface area contributed by atoms with Crippen molar-refractivity contribution in [2.75, 3.05) is 6.54 Å². The van der Waals surface area contributed by atoms with E-state index >= 15 is 0 Å². The summed E-state index contributed by atoms with van der Waals surface area (Å²) in [5.74, 6) is 0. The average molecular weight is 180 g/mol. The van der Waals surface area contributed by atoms with E-state index in [0.29, 0.717) is 6.54 Å². The van der Waals surface area contributed by atoms with Gasteiger partial charge in [0, 0.05) is 25.5 Å². The zero-order valence-corrected chi connectivity index (χ0v) is 8.12. The number of nitrogens with one attached hydrogen (secondary N) is 1. The molecule has 3 heteroatoms. The molecule has 0 saturated carbocycles. The highest BCUT2D eigenvalue weighted by molar-refractivity contribution is 5.20. The molecular formula is C10H16N2O. The summed E-state index contributed by atoms with van der Waals surface area (Å²) < 4.78 is 0. The first-order valence-corrected chi connectivity index (χ1v) is 4.48. The largest absolute Gasteiger partial charge is 0.392 e. The van der Waals surface area contributed by atoms with Crippen LogP contribution in [0, 0.1) is 6.92 Å². The number of hydrogen-bond donors (Lipinski definition) is 2. The Morgan fingerprint density at radius 3 is 3.00 bits per heavy atom. The predicted molar refractivity (Wildman–Crippen MR) is 52.4 cm³/mol. The van der Waals surface area contributed by atoms with Crippen LogP contribution >= 0.6 is 0 Å². The van der Waals surface area contributed by atoms with Crippen LogP contribution in [0.5, 0.6) is 0 Å². The minimum atomic E-state index is -0.294. The molecule has 72 valence electrons. The summed E-state index contributed by atoms with van der Waals surface area (Å²) >= 11 is 0. The number of hydrogen-bond acceptors (Lipinski definition) is 3. The molecule has 1 aromatic rings. The number of aliphatic hydroxyl groups is 1. The highest BCUT2D eigenvalue weighted by Crippen LogP contribution is 2.03. The smallest absolute Gasteiger partial charge is 0.0636 e. The topological polar surface area (TPSA) is 45.2 Å². The Hall–Kier alpha value is -0.930. The van der Waals surface area contributed by atoms with E-state index in [2.05, 4.69) is 17.2 Å². The Kier molecular flexibility index (Phi) is 3.86. The first-order valence-electron chi connectivity index (χ1n) is 4.48. The lowest BCUT2D eigenvalue weighted by atomic mass is 10.1. The van der Waals surface area contributed by atoms with Crippen LogP contribution < -0.4 is 5.32 Å². The van der Waals surface area contributed by atoms with Crippen LogP contribution in [0.3, 0.4) is 0 Å². The molecule has 0 unspecified atom stereocenters. The molecule has 0 saturated heterocycles. The summed E-state index contributed by atoms with van der Waals surface area (Å²) in [6.07, 6.45) is 3.34. The molecule has 1 rings (SSSR count). The minimum absolute atomic E-state index is 0.294. The number of nitrogens with zero attached hydrogens (tertiary/aromatic N) is 1. The van der Waals surface area contributed by atoms with E-state index in [0.717, 1.165) is 6.54 Å². The van der Waals surface area contributed by atoms with Crippen molar-refractivity contribution < 1.29 is 5.11 Å². The van der Waals surface area contributed by atoms with Gasteiger partial charge in [0.2, 0.25) is 0 Å². The molecule has 0 amide bonds. The molecule has 1 aromatic heterocycles. The monoisotopic (exact) mass is 180 g/mol. The second-order valence-electron chi connectivity index (χ2n) is 3.28. The molecule has 1 heterocycles. The maximum atomic E-state index is 9.02.